The number of rotatable bonds is 7. The lowest BCUT2D eigenvalue weighted by Gasteiger charge is -2.21. The van der Waals surface area contributed by atoms with Crippen molar-refractivity contribution in [2.24, 2.45) is 0 Å². The molecule has 0 spiro atoms. The molecule has 1 aromatic heterocycles. The fourth-order valence-corrected chi connectivity index (χ4v) is 4.22. The van der Waals surface area contributed by atoms with E-state index in [0.29, 0.717) is 17.2 Å². The highest BCUT2D eigenvalue weighted by Gasteiger charge is 2.22. The molecule has 3 rings (SSSR count). The first kappa shape index (κ1) is 19.8. The zero-order chi connectivity index (χ0) is 19.4. The van der Waals surface area contributed by atoms with Crippen LogP contribution in [0.2, 0.25) is 0 Å². The molecule has 0 unspecified atom stereocenters. The van der Waals surface area contributed by atoms with Gasteiger partial charge in [0.2, 0.25) is 0 Å². The second-order valence-corrected chi connectivity index (χ2v) is 8.29. The molecule has 1 heterocycles. The number of fused-ring (bicyclic) bond motifs is 1. The van der Waals surface area contributed by atoms with Gasteiger partial charge in [-0.1, -0.05) is 23.5 Å². The average Bonchev–Trinajstić information content (AvgIpc) is 3.07. The Bertz CT molecular complexity index is 942. The number of anilines is 1. The minimum atomic E-state index is -0.0488. The summed E-state index contributed by atoms with van der Waals surface area (Å²) in [4.78, 5) is 21.9. The van der Waals surface area contributed by atoms with Gasteiger partial charge in [0.25, 0.3) is 5.91 Å². The normalized spacial score (nSPS) is 11.1. The average molecular weight is 448 g/mol. The van der Waals surface area contributed by atoms with E-state index in [1.54, 1.807) is 12.0 Å². The van der Waals surface area contributed by atoms with Crippen LogP contribution in [-0.4, -0.2) is 50.1 Å². The molecule has 0 aliphatic carbocycles. The quantitative estimate of drug-likeness (QED) is 0.527. The standard InChI is InChI=1S/C20H22BrN3O2S/c1-23(2)11-6-12-24(19(25)15-7-4-5-8-16(15)21)20-22-17-10-9-14(26-3)13-18(17)27-20/h4-5,7-10,13H,6,11-12H2,1-3H3. The predicted octanol–water partition coefficient (Wildman–Crippen LogP) is 4.67. The third-order valence-corrected chi connectivity index (χ3v) is 5.88. The van der Waals surface area contributed by atoms with Gasteiger partial charge < -0.3 is 9.64 Å². The van der Waals surface area contributed by atoms with E-state index in [4.69, 9.17) is 9.72 Å². The first-order valence-corrected chi connectivity index (χ1v) is 10.3. The zero-order valence-electron chi connectivity index (χ0n) is 15.6. The number of benzene rings is 2. The smallest absolute Gasteiger partial charge is 0.261 e. The van der Waals surface area contributed by atoms with Crippen molar-refractivity contribution >= 4 is 48.5 Å². The Morgan fingerprint density at radius 1 is 1.19 bits per heavy atom. The van der Waals surface area contributed by atoms with E-state index in [0.717, 1.165) is 33.4 Å². The van der Waals surface area contributed by atoms with Crippen molar-refractivity contribution in [3.63, 3.8) is 0 Å². The highest BCUT2D eigenvalue weighted by Crippen LogP contribution is 2.33. The second-order valence-electron chi connectivity index (χ2n) is 6.42. The molecular weight excluding hydrogens is 426 g/mol. The molecule has 7 heteroatoms. The number of hydrogen-bond donors (Lipinski definition) is 0. The van der Waals surface area contributed by atoms with E-state index in [1.807, 2.05) is 56.6 Å². The topological polar surface area (TPSA) is 45.7 Å². The second kappa shape index (κ2) is 8.82. The lowest BCUT2D eigenvalue weighted by Crippen LogP contribution is -2.33. The van der Waals surface area contributed by atoms with Crippen molar-refractivity contribution < 1.29 is 9.53 Å². The summed E-state index contributed by atoms with van der Waals surface area (Å²) in [5.74, 6) is 0.737. The monoisotopic (exact) mass is 447 g/mol. The van der Waals surface area contributed by atoms with Crippen LogP contribution >= 0.6 is 27.3 Å². The van der Waals surface area contributed by atoms with Crippen LogP contribution in [0.15, 0.2) is 46.9 Å². The molecule has 2 aromatic carbocycles. The summed E-state index contributed by atoms with van der Waals surface area (Å²) in [6, 6.07) is 13.3. The SMILES string of the molecule is COc1ccc2nc(N(CCCN(C)C)C(=O)c3ccccc3Br)sc2c1. The first-order valence-electron chi connectivity index (χ1n) is 8.65. The number of carbonyl (C=O) groups is 1. The first-order chi connectivity index (χ1) is 13.0. The third kappa shape index (κ3) is 4.66. The Labute approximate surface area is 171 Å². The maximum atomic E-state index is 13.3. The molecule has 0 atom stereocenters. The van der Waals surface area contributed by atoms with Gasteiger partial charge in [0, 0.05) is 11.0 Å². The largest absolute Gasteiger partial charge is 0.497 e. The number of nitrogens with zero attached hydrogens (tertiary/aromatic N) is 3. The number of ether oxygens (including phenoxy) is 1. The highest BCUT2D eigenvalue weighted by atomic mass is 79.9. The molecular formula is C20H22BrN3O2S. The fraction of sp³-hybridized carbons (Fsp3) is 0.300. The summed E-state index contributed by atoms with van der Waals surface area (Å²) in [5, 5.41) is 0.706. The molecule has 0 saturated carbocycles. The van der Waals surface area contributed by atoms with Crippen molar-refractivity contribution in [2.75, 3.05) is 39.2 Å². The van der Waals surface area contributed by atoms with Crippen LogP contribution in [0.1, 0.15) is 16.8 Å². The van der Waals surface area contributed by atoms with Crippen molar-refractivity contribution in [3.8, 4) is 5.75 Å². The molecule has 0 aliphatic heterocycles. The van der Waals surface area contributed by atoms with Crippen LogP contribution in [-0.2, 0) is 0 Å². The van der Waals surface area contributed by atoms with E-state index >= 15 is 0 Å². The summed E-state index contributed by atoms with van der Waals surface area (Å²) in [5.41, 5.74) is 1.51. The third-order valence-electron chi connectivity index (χ3n) is 4.15. The van der Waals surface area contributed by atoms with Gasteiger partial charge in [-0.3, -0.25) is 9.69 Å². The van der Waals surface area contributed by atoms with Gasteiger partial charge in [0.1, 0.15) is 5.75 Å². The lowest BCUT2D eigenvalue weighted by molar-refractivity contribution is 0.0985. The minimum absolute atomic E-state index is 0.0488. The number of halogens is 1. The van der Waals surface area contributed by atoms with Crippen molar-refractivity contribution in [3.05, 3.63) is 52.5 Å². The summed E-state index contributed by atoms with van der Waals surface area (Å²) in [7, 11) is 5.71. The van der Waals surface area contributed by atoms with Crippen molar-refractivity contribution in [1.29, 1.82) is 0 Å². The van der Waals surface area contributed by atoms with Gasteiger partial charge in [-0.2, -0.15) is 0 Å². The van der Waals surface area contributed by atoms with Crippen LogP contribution < -0.4 is 9.64 Å². The van der Waals surface area contributed by atoms with E-state index in [1.165, 1.54) is 11.3 Å². The zero-order valence-corrected chi connectivity index (χ0v) is 18.0. The summed E-state index contributed by atoms with van der Waals surface area (Å²) in [6.45, 7) is 1.51. The van der Waals surface area contributed by atoms with Crippen LogP contribution in [0.3, 0.4) is 0 Å². The molecule has 27 heavy (non-hydrogen) atoms. The van der Waals surface area contributed by atoms with Gasteiger partial charge in [0.15, 0.2) is 5.13 Å². The number of methoxy groups -OCH3 is 1. The summed E-state index contributed by atoms with van der Waals surface area (Å²) in [6.07, 6.45) is 0.864. The van der Waals surface area contributed by atoms with Crippen LogP contribution in [0.25, 0.3) is 10.2 Å². The minimum Gasteiger partial charge on any atom is -0.497 e. The lowest BCUT2D eigenvalue weighted by atomic mass is 10.2. The van der Waals surface area contributed by atoms with Gasteiger partial charge in [0.05, 0.1) is 22.9 Å². The van der Waals surface area contributed by atoms with Crippen molar-refractivity contribution in [2.45, 2.75) is 6.42 Å². The molecule has 142 valence electrons. The van der Waals surface area contributed by atoms with E-state index in [2.05, 4.69) is 20.8 Å². The number of hydrogen-bond acceptors (Lipinski definition) is 5. The van der Waals surface area contributed by atoms with Gasteiger partial charge >= 0.3 is 0 Å². The van der Waals surface area contributed by atoms with Crippen LogP contribution in [0.5, 0.6) is 5.75 Å². The molecule has 0 bridgehead atoms. The van der Waals surface area contributed by atoms with E-state index in [-0.39, 0.29) is 5.91 Å². The Kier molecular flexibility index (Phi) is 6.46. The number of thiazole rings is 1. The predicted molar refractivity (Wildman–Crippen MR) is 115 cm³/mol. The Hall–Kier alpha value is -1.96. The van der Waals surface area contributed by atoms with Crippen LogP contribution in [0, 0.1) is 0 Å². The van der Waals surface area contributed by atoms with Crippen LogP contribution in [0.4, 0.5) is 5.13 Å². The van der Waals surface area contributed by atoms with E-state index < -0.39 is 0 Å². The Morgan fingerprint density at radius 2 is 1.96 bits per heavy atom. The van der Waals surface area contributed by atoms with Gasteiger partial charge in [-0.25, -0.2) is 4.98 Å². The molecule has 5 nitrogen and oxygen atoms in total. The summed E-state index contributed by atoms with van der Waals surface area (Å²) >= 11 is 5.00. The number of amides is 1. The maximum absolute atomic E-state index is 13.3. The van der Waals surface area contributed by atoms with E-state index in [9.17, 15) is 4.79 Å². The Balaban J connectivity index is 1.96. The number of aromatic nitrogens is 1. The fourth-order valence-electron chi connectivity index (χ4n) is 2.74. The maximum Gasteiger partial charge on any atom is 0.261 e. The summed E-state index contributed by atoms with van der Waals surface area (Å²) < 4.78 is 7.09. The molecule has 0 aliphatic rings. The number of carbonyl (C=O) groups excluding carboxylic acids is 1. The van der Waals surface area contributed by atoms with Gasteiger partial charge in [-0.05, 0) is 73.3 Å². The highest BCUT2D eigenvalue weighted by molar-refractivity contribution is 9.10. The van der Waals surface area contributed by atoms with Crippen molar-refractivity contribution in [1.82, 2.24) is 9.88 Å². The molecule has 0 radical (unpaired) electrons. The molecule has 0 fully saturated rings. The van der Waals surface area contributed by atoms with Gasteiger partial charge in [-0.15, -0.1) is 0 Å². The Morgan fingerprint density at radius 3 is 2.67 bits per heavy atom. The molecule has 0 N–H and O–H groups in total. The molecule has 3 aromatic rings. The molecule has 1 amide bonds. The molecule has 0 saturated heterocycles.